The molecule has 1 N–H and O–H groups in total. The second-order valence-corrected chi connectivity index (χ2v) is 5.40. The van der Waals surface area contributed by atoms with Crippen LogP contribution < -0.4 is 0 Å². The largest absolute Gasteiger partial charge is 0.508 e. The standard InChI is InChI=1S/C12H10O5S/c1-17-12(14)11-10(5-6-18(11,15)16)8-3-2-4-9(13)7-8/h2-7,13H,1H3. The van der Waals surface area contributed by atoms with E-state index in [4.69, 9.17) is 0 Å². The Bertz CT molecular complexity index is 667. The van der Waals surface area contributed by atoms with E-state index < -0.39 is 20.7 Å². The molecule has 1 aliphatic rings. The second kappa shape index (κ2) is 4.30. The van der Waals surface area contributed by atoms with Crippen molar-refractivity contribution < 1.29 is 23.1 Å². The van der Waals surface area contributed by atoms with Gasteiger partial charge in [0.15, 0.2) is 4.91 Å². The molecule has 0 spiro atoms. The van der Waals surface area contributed by atoms with Crippen LogP contribution in [0.3, 0.4) is 0 Å². The molecule has 1 aromatic carbocycles. The molecule has 0 amide bonds. The number of carbonyl (C=O) groups excluding carboxylic acids is 1. The quantitative estimate of drug-likeness (QED) is 0.814. The van der Waals surface area contributed by atoms with Gasteiger partial charge in [0.1, 0.15) is 5.75 Å². The lowest BCUT2D eigenvalue weighted by molar-refractivity contribution is -0.135. The predicted molar refractivity (Wildman–Crippen MR) is 65.1 cm³/mol. The summed E-state index contributed by atoms with van der Waals surface area (Å²) in [6, 6.07) is 5.99. The van der Waals surface area contributed by atoms with E-state index in [0.717, 1.165) is 12.5 Å². The number of hydrogen-bond donors (Lipinski definition) is 1. The van der Waals surface area contributed by atoms with Gasteiger partial charge in [-0.3, -0.25) is 0 Å². The first-order valence-electron chi connectivity index (χ1n) is 5.01. The molecular formula is C12H10O5S. The fourth-order valence-corrected chi connectivity index (χ4v) is 2.93. The van der Waals surface area contributed by atoms with Gasteiger partial charge in [-0.05, 0) is 23.8 Å². The summed E-state index contributed by atoms with van der Waals surface area (Å²) in [5.41, 5.74) is 0.658. The highest BCUT2D eigenvalue weighted by atomic mass is 32.2. The Morgan fingerprint density at radius 1 is 1.33 bits per heavy atom. The molecule has 0 unspecified atom stereocenters. The van der Waals surface area contributed by atoms with E-state index in [2.05, 4.69) is 4.74 Å². The Kier molecular flexibility index (Phi) is 2.96. The second-order valence-electron chi connectivity index (χ2n) is 3.63. The molecule has 0 bridgehead atoms. The number of carbonyl (C=O) groups is 1. The maximum atomic E-state index is 11.7. The molecule has 0 fully saturated rings. The maximum Gasteiger partial charge on any atom is 0.350 e. The number of sulfone groups is 1. The first-order valence-corrected chi connectivity index (χ1v) is 6.55. The van der Waals surface area contributed by atoms with Crippen molar-refractivity contribution in [1.82, 2.24) is 0 Å². The van der Waals surface area contributed by atoms with Crippen molar-refractivity contribution in [3.05, 3.63) is 46.2 Å². The van der Waals surface area contributed by atoms with Crippen LogP contribution in [-0.2, 0) is 19.4 Å². The van der Waals surface area contributed by atoms with Crippen LogP contribution in [0.1, 0.15) is 5.56 Å². The molecule has 2 rings (SSSR count). The third-order valence-electron chi connectivity index (χ3n) is 2.47. The summed E-state index contributed by atoms with van der Waals surface area (Å²) >= 11 is 0. The molecule has 0 saturated heterocycles. The van der Waals surface area contributed by atoms with Gasteiger partial charge in [-0.15, -0.1) is 0 Å². The number of rotatable bonds is 2. The van der Waals surface area contributed by atoms with Crippen molar-refractivity contribution in [2.75, 3.05) is 7.11 Å². The molecule has 1 aliphatic heterocycles. The van der Waals surface area contributed by atoms with Gasteiger partial charge in [0.25, 0.3) is 0 Å². The Balaban J connectivity index is 2.67. The van der Waals surface area contributed by atoms with Crippen molar-refractivity contribution in [1.29, 1.82) is 0 Å². The van der Waals surface area contributed by atoms with Gasteiger partial charge >= 0.3 is 5.97 Å². The van der Waals surface area contributed by atoms with Crippen molar-refractivity contribution in [3.8, 4) is 5.75 Å². The number of phenolic OH excluding ortho intramolecular Hbond substituents is 1. The van der Waals surface area contributed by atoms with Crippen LogP contribution in [0.2, 0.25) is 0 Å². The van der Waals surface area contributed by atoms with Crippen molar-refractivity contribution in [2.45, 2.75) is 0 Å². The van der Waals surface area contributed by atoms with E-state index >= 15 is 0 Å². The Morgan fingerprint density at radius 3 is 2.67 bits per heavy atom. The van der Waals surface area contributed by atoms with Crippen molar-refractivity contribution >= 4 is 21.4 Å². The Labute approximate surface area is 104 Å². The van der Waals surface area contributed by atoms with E-state index in [9.17, 15) is 18.3 Å². The molecule has 0 aliphatic carbocycles. The van der Waals surface area contributed by atoms with Crippen LogP contribution in [-0.4, -0.2) is 26.6 Å². The van der Waals surface area contributed by atoms with Gasteiger partial charge in [0.05, 0.1) is 7.11 Å². The van der Waals surface area contributed by atoms with Crippen LogP contribution in [0.4, 0.5) is 0 Å². The van der Waals surface area contributed by atoms with Gasteiger partial charge in [0.2, 0.25) is 9.84 Å². The van der Waals surface area contributed by atoms with E-state index in [-0.39, 0.29) is 11.3 Å². The summed E-state index contributed by atoms with van der Waals surface area (Å²) in [6.07, 6.45) is 1.32. The third-order valence-corrected chi connectivity index (χ3v) is 3.92. The minimum Gasteiger partial charge on any atom is -0.508 e. The van der Waals surface area contributed by atoms with Crippen LogP contribution in [0.25, 0.3) is 5.57 Å². The number of methoxy groups -OCH3 is 1. The zero-order chi connectivity index (χ0) is 13.3. The average molecular weight is 266 g/mol. The van der Waals surface area contributed by atoms with Crippen LogP contribution in [0, 0.1) is 0 Å². The summed E-state index contributed by atoms with van der Waals surface area (Å²) in [5, 5.41) is 10.3. The molecule has 5 nitrogen and oxygen atoms in total. The highest BCUT2D eigenvalue weighted by Gasteiger charge is 2.32. The van der Waals surface area contributed by atoms with Crippen molar-refractivity contribution in [3.63, 3.8) is 0 Å². The predicted octanol–water partition coefficient (Wildman–Crippen LogP) is 1.22. The fraction of sp³-hybridized carbons (Fsp3) is 0.0833. The molecule has 6 heteroatoms. The minimum absolute atomic E-state index is 0.0121. The number of allylic oxidation sites excluding steroid dienone is 2. The highest BCUT2D eigenvalue weighted by molar-refractivity contribution is 7.99. The average Bonchev–Trinajstić information content (AvgIpc) is 2.64. The van der Waals surface area contributed by atoms with Crippen LogP contribution in [0.15, 0.2) is 40.7 Å². The summed E-state index contributed by atoms with van der Waals surface area (Å²) in [4.78, 5) is 11.1. The lowest BCUT2D eigenvalue weighted by Gasteiger charge is -2.05. The number of phenols is 1. The molecule has 1 heterocycles. The molecule has 0 saturated carbocycles. The molecule has 94 valence electrons. The number of aromatic hydroxyl groups is 1. The van der Waals surface area contributed by atoms with E-state index in [1.54, 1.807) is 12.1 Å². The van der Waals surface area contributed by atoms with Gasteiger partial charge in [-0.1, -0.05) is 12.1 Å². The van der Waals surface area contributed by atoms with Gasteiger partial charge in [-0.25, -0.2) is 13.2 Å². The highest BCUT2D eigenvalue weighted by Crippen LogP contribution is 2.32. The Morgan fingerprint density at radius 2 is 2.06 bits per heavy atom. The fourth-order valence-electron chi connectivity index (χ4n) is 1.67. The molecule has 1 aromatic rings. The van der Waals surface area contributed by atoms with E-state index in [1.807, 2.05) is 0 Å². The zero-order valence-electron chi connectivity index (χ0n) is 9.45. The number of esters is 1. The third kappa shape index (κ3) is 2.02. The molecule has 18 heavy (non-hydrogen) atoms. The SMILES string of the molecule is COC(=O)C1=C(c2cccc(O)c2)C=CS1(=O)=O. The van der Waals surface area contributed by atoms with Gasteiger partial charge in [-0.2, -0.15) is 0 Å². The van der Waals surface area contributed by atoms with Gasteiger partial charge < -0.3 is 9.84 Å². The Hall–Kier alpha value is -2.08. The first-order chi connectivity index (χ1) is 8.45. The first kappa shape index (κ1) is 12.4. The molecular weight excluding hydrogens is 256 g/mol. The van der Waals surface area contributed by atoms with Gasteiger partial charge in [0, 0.05) is 11.0 Å². The zero-order valence-corrected chi connectivity index (χ0v) is 10.3. The summed E-state index contributed by atoms with van der Waals surface area (Å²) in [7, 11) is -2.65. The topological polar surface area (TPSA) is 80.7 Å². The van der Waals surface area contributed by atoms with Crippen molar-refractivity contribution in [2.24, 2.45) is 0 Å². The summed E-state index contributed by atoms with van der Waals surface area (Å²) in [6.45, 7) is 0. The lowest BCUT2D eigenvalue weighted by atomic mass is 10.1. The molecule has 0 radical (unpaired) electrons. The summed E-state index contributed by atoms with van der Waals surface area (Å²) < 4.78 is 27.9. The lowest BCUT2D eigenvalue weighted by Crippen LogP contribution is -2.12. The number of ether oxygens (including phenoxy) is 1. The molecule has 0 atom stereocenters. The monoisotopic (exact) mass is 266 g/mol. The number of benzene rings is 1. The number of hydrogen-bond acceptors (Lipinski definition) is 5. The smallest absolute Gasteiger partial charge is 0.350 e. The minimum atomic E-state index is -3.77. The molecule has 0 aromatic heterocycles. The normalized spacial score (nSPS) is 16.9. The maximum absolute atomic E-state index is 11.7. The van der Waals surface area contributed by atoms with E-state index in [0.29, 0.717) is 5.56 Å². The van der Waals surface area contributed by atoms with Crippen LogP contribution >= 0.6 is 0 Å². The summed E-state index contributed by atoms with van der Waals surface area (Å²) in [5.74, 6) is -0.930. The van der Waals surface area contributed by atoms with Crippen LogP contribution in [0.5, 0.6) is 5.75 Å². The van der Waals surface area contributed by atoms with E-state index in [1.165, 1.54) is 18.2 Å².